The van der Waals surface area contributed by atoms with Gasteiger partial charge in [0.05, 0.1) is 16.4 Å². The largest absolute Gasteiger partial charge is 0.369 e. The molecule has 0 radical (unpaired) electrons. The van der Waals surface area contributed by atoms with Gasteiger partial charge in [-0.15, -0.1) is 12.4 Å². The van der Waals surface area contributed by atoms with Gasteiger partial charge >= 0.3 is 0 Å². The van der Waals surface area contributed by atoms with E-state index in [1.165, 1.54) is 10.8 Å². The molecule has 5 nitrogen and oxygen atoms in total. The maximum Gasteiger partial charge on any atom is 0.136 e. The smallest absolute Gasteiger partial charge is 0.136 e. The second-order valence-corrected chi connectivity index (χ2v) is 7.03. The molecule has 148 valence electrons. The number of hydrogen-bond acceptors (Lipinski definition) is 4. The summed E-state index contributed by atoms with van der Waals surface area (Å²) in [5.74, 6) is 0.959. The van der Waals surface area contributed by atoms with Gasteiger partial charge < -0.3 is 21.4 Å². The number of fused-ring (bicyclic) bond motifs is 5. The van der Waals surface area contributed by atoms with Crippen LogP contribution in [0.25, 0.3) is 32.7 Å². The van der Waals surface area contributed by atoms with Crippen LogP contribution in [0.1, 0.15) is 19.3 Å². The molecule has 28 heavy (non-hydrogen) atoms. The van der Waals surface area contributed by atoms with Crippen LogP contribution in [-0.2, 0) is 0 Å². The summed E-state index contributed by atoms with van der Waals surface area (Å²) in [6.07, 6.45) is 3.19. The van der Waals surface area contributed by atoms with Gasteiger partial charge in [0.15, 0.2) is 0 Å². The molecule has 0 aliphatic heterocycles. The van der Waals surface area contributed by atoms with E-state index in [-0.39, 0.29) is 12.4 Å². The molecule has 1 atom stereocenters. The maximum absolute atomic E-state index is 5.69. The third kappa shape index (κ3) is 3.92. The van der Waals surface area contributed by atoms with Crippen molar-refractivity contribution in [2.75, 3.05) is 25.5 Å². The molecule has 5 N–H and O–H groups in total. The third-order valence-corrected chi connectivity index (χ3v) is 5.29. The van der Waals surface area contributed by atoms with Crippen LogP contribution in [0.5, 0.6) is 0 Å². The van der Waals surface area contributed by atoms with Crippen LogP contribution < -0.4 is 16.4 Å². The van der Waals surface area contributed by atoms with E-state index >= 15 is 0 Å². The Kier molecular flexibility index (Phi) is 6.73. The minimum absolute atomic E-state index is 0. The summed E-state index contributed by atoms with van der Waals surface area (Å²) in [7, 11) is 2.01. The van der Waals surface area contributed by atoms with E-state index in [2.05, 4.69) is 58.1 Å². The zero-order chi connectivity index (χ0) is 18.6. The number of hydrogen-bond donors (Lipinski definition) is 4. The van der Waals surface area contributed by atoms with Crippen molar-refractivity contribution in [2.24, 2.45) is 5.73 Å². The van der Waals surface area contributed by atoms with E-state index in [1.54, 1.807) is 0 Å². The topological polar surface area (TPSA) is 78.8 Å². The molecule has 0 amide bonds. The minimum Gasteiger partial charge on any atom is -0.369 e. The second-order valence-electron chi connectivity index (χ2n) is 7.03. The highest BCUT2D eigenvalue weighted by Gasteiger charge is 2.14. The molecule has 1 unspecified atom stereocenters. The van der Waals surface area contributed by atoms with Crippen LogP contribution in [0.15, 0.2) is 48.5 Å². The fourth-order valence-electron chi connectivity index (χ4n) is 3.87. The second kappa shape index (κ2) is 9.24. The first-order chi connectivity index (χ1) is 13.3. The van der Waals surface area contributed by atoms with Gasteiger partial charge in [0, 0.05) is 28.9 Å². The Morgan fingerprint density at radius 1 is 1.04 bits per heavy atom. The zero-order valence-electron chi connectivity index (χ0n) is 16.2. The van der Waals surface area contributed by atoms with Gasteiger partial charge in [-0.3, -0.25) is 0 Å². The lowest BCUT2D eigenvalue weighted by atomic mass is 10.1. The highest BCUT2D eigenvalue weighted by molar-refractivity contribution is 6.20. The molecule has 0 aliphatic carbocycles. The number of halogens is 1. The Hall–Kier alpha value is -2.34. The van der Waals surface area contributed by atoms with Gasteiger partial charge in [-0.1, -0.05) is 36.4 Å². The average Bonchev–Trinajstić information content (AvgIpc) is 3.10. The van der Waals surface area contributed by atoms with Gasteiger partial charge in [-0.05, 0) is 45.0 Å². The van der Waals surface area contributed by atoms with Crippen LogP contribution in [0.4, 0.5) is 5.82 Å². The van der Waals surface area contributed by atoms with E-state index < -0.39 is 0 Å². The van der Waals surface area contributed by atoms with Crippen molar-refractivity contribution in [3.8, 4) is 0 Å². The zero-order valence-corrected chi connectivity index (χ0v) is 17.0. The van der Waals surface area contributed by atoms with E-state index in [4.69, 9.17) is 10.7 Å². The van der Waals surface area contributed by atoms with Crippen LogP contribution in [0, 0.1) is 0 Å². The Morgan fingerprint density at radius 3 is 2.57 bits per heavy atom. The summed E-state index contributed by atoms with van der Waals surface area (Å²) in [6, 6.07) is 17.2. The SMILES string of the molecule is CNC(CCN)CCCNc1nc2ccccc2c2[nH]c3ccccc3c12.Cl. The van der Waals surface area contributed by atoms with Crippen molar-refractivity contribution in [3.63, 3.8) is 0 Å². The van der Waals surface area contributed by atoms with Crippen LogP contribution in [0.3, 0.4) is 0 Å². The number of para-hydroxylation sites is 2. The molecule has 4 aromatic rings. The first-order valence-electron chi connectivity index (χ1n) is 9.72. The summed E-state index contributed by atoms with van der Waals surface area (Å²) in [6.45, 7) is 1.61. The summed E-state index contributed by atoms with van der Waals surface area (Å²) < 4.78 is 0. The Morgan fingerprint density at radius 2 is 1.79 bits per heavy atom. The molecule has 0 saturated carbocycles. The Labute approximate surface area is 171 Å². The fraction of sp³-hybridized carbons (Fsp3) is 0.318. The normalized spacial score (nSPS) is 12.4. The number of nitrogens with zero attached hydrogens (tertiary/aromatic N) is 1. The average molecular weight is 398 g/mol. The lowest BCUT2D eigenvalue weighted by molar-refractivity contribution is 0.485. The molecule has 6 heteroatoms. The van der Waals surface area contributed by atoms with Crippen LogP contribution in [0.2, 0.25) is 0 Å². The molecular weight excluding hydrogens is 370 g/mol. The molecule has 0 saturated heterocycles. The van der Waals surface area contributed by atoms with Crippen molar-refractivity contribution >= 4 is 50.9 Å². The van der Waals surface area contributed by atoms with Crippen molar-refractivity contribution in [1.82, 2.24) is 15.3 Å². The molecule has 2 heterocycles. The molecule has 0 aliphatic rings. The number of aromatic nitrogens is 2. The molecule has 0 fully saturated rings. The van der Waals surface area contributed by atoms with Gasteiger partial charge in [0.1, 0.15) is 5.82 Å². The molecule has 4 rings (SSSR count). The minimum atomic E-state index is 0. The van der Waals surface area contributed by atoms with Crippen LogP contribution >= 0.6 is 12.4 Å². The van der Waals surface area contributed by atoms with Crippen LogP contribution in [-0.4, -0.2) is 36.1 Å². The van der Waals surface area contributed by atoms with E-state index in [9.17, 15) is 0 Å². The van der Waals surface area contributed by atoms with Gasteiger partial charge in [0.25, 0.3) is 0 Å². The number of nitrogens with two attached hydrogens (primary N) is 1. The van der Waals surface area contributed by atoms with Crippen molar-refractivity contribution in [1.29, 1.82) is 0 Å². The highest BCUT2D eigenvalue weighted by Crippen LogP contribution is 2.34. The number of aromatic amines is 1. The Balaban J connectivity index is 0.00000225. The predicted octanol–water partition coefficient (Wildman–Crippen LogP) is 4.42. The summed E-state index contributed by atoms with van der Waals surface area (Å²) >= 11 is 0. The standard InChI is InChI=1S/C22H27N5.ClH/c1-24-15(12-13-23)7-6-14-25-22-20-16-8-2-4-10-18(16)26-21(20)17-9-3-5-11-19(17)27-22;/h2-5,8-11,15,24,26H,6-7,12-14,23H2,1H3,(H,25,27);1H. The number of rotatable bonds is 8. The molecule has 2 aromatic carbocycles. The van der Waals surface area contributed by atoms with E-state index in [0.717, 1.165) is 60.1 Å². The molecule has 0 spiro atoms. The first kappa shape index (κ1) is 20.4. The van der Waals surface area contributed by atoms with Gasteiger partial charge in [-0.25, -0.2) is 4.98 Å². The number of benzene rings is 2. The van der Waals surface area contributed by atoms with Gasteiger partial charge in [-0.2, -0.15) is 0 Å². The van der Waals surface area contributed by atoms with Gasteiger partial charge in [0.2, 0.25) is 0 Å². The van der Waals surface area contributed by atoms with Crippen molar-refractivity contribution in [2.45, 2.75) is 25.3 Å². The fourth-order valence-corrected chi connectivity index (χ4v) is 3.87. The molecular formula is C22H28ClN5. The van der Waals surface area contributed by atoms with Crippen molar-refractivity contribution < 1.29 is 0 Å². The first-order valence-corrected chi connectivity index (χ1v) is 9.72. The summed E-state index contributed by atoms with van der Waals surface area (Å²) in [5, 5.41) is 10.5. The highest BCUT2D eigenvalue weighted by atomic mass is 35.5. The number of anilines is 1. The van der Waals surface area contributed by atoms with E-state index in [0.29, 0.717) is 6.04 Å². The number of pyridine rings is 1. The number of H-pyrrole nitrogens is 1. The Bertz CT molecular complexity index is 1060. The summed E-state index contributed by atoms with van der Waals surface area (Å²) in [5.41, 5.74) is 9.00. The number of nitrogens with one attached hydrogen (secondary N) is 3. The van der Waals surface area contributed by atoms with Crippen molar-refractivity contribution in [3.05, 3.63) is 48.5 Å². The predicted molar refractivity (Wildman–Crippen MR) is 123 cm³/mol. The lowest BCUT2D eigenvalue weighted by Crippen LogP contribution is -2.28. The van der Waals surface area contributed by atoms with E-state index in [1.807, 2.05) is 13.1 Å². The maximum atomic E-state index is 5.69. The summed E-state index contributed by atoms with van der Waals surface area (Å²) in [4.78, 5) is 8.52. The lowest BCUT2D eigenvalue weighted by Gasteiger charge is -2.15. The third-order valence-electron chi connectivity index (χ3n) is 5.29. The monoisotopic (exact) mass is 397 g/mol. The molecule has 0 bridgehead atoms. The molecule has 2 aromatic heterocycles. The quantitative estimate of drug-likeness (QED) is 0.332.